The second kappa shape index (κ2) is 5.17. The standard InChI is InChI=1S/C14H15BrN2O2/c1-8-6-12(9(2)16-8)14(19)10(3)17-7-11(15)4-5-13(17)18/h4-7,10,16H,1-3H3. The van der Waals surface area contributed by atoms with Gasteiger partial charge in [-0.3, -0.25) is 9.59 Å². The molecule has 0 aliphatic rings. The summed E-state index contributed by atoms with van der Waals surface area (Å²) < 4.78 is 2.21. The van der Waals surface area contributed by atoms with Crippen LogP contribution in [0.4, 0.5) is 0 Å². The average Bonchev–Trinajstić information content (AvgIpc) is 2.69. The van der Waals surface area contributed by atoms with Crippen molar-refractivity contribution in [1.29, 1.82) is 0 Å². The summed E-state index contributed by atoms with van der Waals surface area (Å²) in [6.07, 6.45) is 1.64. The highest BCUT2D eigenvalue weighted by molar-refractivity contribution is 9.10. The Balaban J connectivity index is 2.41. The summed E-state index contributed by atoms with van der Waals surface area (Å²) in [4.78, 5) is 27.4. The topological polar surface area (TPSA) is 54.9 Å². The van der Waals surface area contributed by atoms with Crippen LogP contribution in [-0.2, 0) is 0 Å². The fourth-order valence-corrected chi connectivity index (χ4v) is 2.46. The van der Waals surface area contributed by atoms with E-state index in [1.54, 1.807) is 19.2 Å². The van der Waals surface area contributed by atoms with Crippen LogP contribution in [0.3, 0.4) is 0 Å². The van der Waals surface area contributed by atoms with E-state index in [0.717, 1.165) is 15.9 Å². The number of carbonyl (C=O) groups is 1. The Bertz CT molecular complexity index is 685. The molecule has 0 aliphatic carbocycles. The van der Waals surface area contributed by atoms with Crippen molar-refractivity contribution >= 4 is 21.7 Å². The van der Waals surface area contributed by atoms with Gasteiger partial charge in [-0.1, -0.05) is 0 Å². The number of H-pyrrole nitrogens is 1. The maximum atomic E-state index is 12.4. The van der Waals surface area contributed by atoms with Gasteiger partial charge in [-0.25, -0.2) is 0 Å². The first-order valence-corrected chi connectivity index (χ1v) is 6.77. The maximum absolute atomic E-state index is 12.4. The Morgan fingerprint density at radius 2 is 2.05 bits per heavy atom. The summed E-state index contributed by atoms with van der Waals surface area (Å²) in [6, 6.07) is 4.40. The zero-order chi connectivity index (χ0) is 14.2. The van der Waals surface area contributed by atoms with Crippen molar-refractivity contribution in [1.82, 2.24) is 9.55 Å². The molecule has 0 fully saturated rings. The Morgan fingerprint density at radius 3 is 2.63 bits per heavy atom. The largest absolute Gasteiger partial charge is 0.362 e. The molecule has 2 aromatic rings. The van der Waals surface area contributed by atoms with Gasteiger partial charge < -0.3 is 9.55 Å². The van der Waals surface area contributed by atoms with Crippen LogP contribution in [0.1, 0.15) is 34.7 Å². The Morgan fingerprint density at radius 1 is 1.37 bits per heavy atom. The molecule has 1 N–H and O–H groups in total. The number of carbonyl (C=O) groups excluding carboxylic acids is 1. The lowest BCUT2D eigenvalue weighted by Crippen LogP contribution is -2.27. The molecule has 0 saturated heterocycles. The van der Waals surface area contributed by atoms with Crippen LogP contribution in [0, 0.1) is 13.8 Å². The van der Waals surface area contributed by atoms with Gasteiger partial charge in [0.25, 0.3) is 5.56 Å². The van der Waals surface area contributed by atoms with Crippen molar-refractivity contribution in [2.75, 3.05) is 0 Å². The molecule has 2 aromatic heterocycles. The highest BCUT2D eigenvalue weighted by Gasteiger charge is 2.20. The number of hydrogen-bond donors (Lipinski definition) is 1. The van der Waals surface area contributed by atoms with Crippen LogP contribution in [0.2, 0.25) is 0 Å². The van der Waals surface area contributed by atoms with Crippen molar-refractivity contribution in [2.24, 2.45) is 0 Å². The fourth-order valence-electron chi connectivity index (χ4n) is 2.11. The van der Waals surface area contributed by atoms with Gasteiger partial charge in [-0.15, -0.1) is 0 Å². The van der Waals surface area contributed by atoms with Crippen LogP contribution in [0.25, 0.3) is 0 Å². The van der Waals surface area contributed by atoms with Crippen LogP contribution >= 0.6 is 15.9 Å². The van der Waals surface area contributed by atoms with Crippen LogP contribution < -0.4 is 5.56 Å². The van der Waals surface area contributed by atoms with E-state index in [1.165, 1.54) is 10.6 Å². The van der Waals surface area contributed by atoms with E-state index in [9.17, 15) is 9.59 Å². The first kappa shape index (κ1) is 13.8. The van der Waals surface area contributed by atoms with E-state index in [0.29, 0.717) is 5.56 Å². The second-order valence-corrected chi connectivity index (χ2v) is 5.54. The van der Waals surface area contributed by atoms with Gasteiger partial charge >= 0.3 is 0 Å². The van der Waals surface area contributed by atoms with Crippen molar-refractivity contribution in [2.45, 2.75) is 26.8 Å². The Kier molecular flexibility index (Phi) is 3.75. The number of pyridine rings is 1. The highest BCUT2D eigenvalue weighted by atomic mass is 79.9. The monoisotopic (exact) mass is 322 g/mol. The average molecular weight is 323 g/mol. The molecule has 19 heavy (non-hydrogen) atoms. The summed E-state index contributed by atoms with van der Waals surface area (Å²) >= 11 is 3.31. The van der Waals surface area contributed by atoms with Gasteiger partial charge in [-0.05, 0) is 48.8 Å². The van der Waals surface area contributed by atoms with Crippen molar-refractivity contribution in [3.63, 3.8) is 0 Å². The van der Waals surface area contributed by atoms with E-state index in [-0.39, 0.29) is 11.3 Å². The fraction of sp³-hybridized carbons (Fsp3) is 0.286. The Labute approximate surface area is 119 Å². The quantitative estimate of drug-likeness (QED) is 0.883. The van der Waals surface area contributed by atoms with Crippen LogP contribution in [0.5, 0.6) is 0 Å². The molecule has 0 spiro atoms. The SMILES string of the molecule is Cc1cc(C(=O)C(C)n2cc(Br)ccc2=O)c(C)[nH]1. The minimum atomic E-state index is -0.529. The number of aromatic amines is 1. The van der Waals surface area contributed by atoms with Crippen molar-refractivity contribution < 1.29 is 4.79 Å². The number of hydrogen-bond acceptors (Lipinski definition) is 2. The molecule has 2 heterocycles. The van der Waals surface area contributed by atoms with E-state index >= 15 is 0 Å². The third-order valence-electron chi connectivity index (χ3n) is 3.11. The molecule has 0 amide bonds. The molecule has 0 aliphatic heterocycles. The number of nitrogens with zero attached hydrogens (tertiary/aromatic N) is 1. The molecule has 0 bridgehead atoms. The first-order valence-electron chi connectivity index (χ1n) is 5.98. The first-order chi connectivity index (χ1) is 8.90. The van der Waals surface area contributed by atoms with E-state index < -0.39 is 6.04 Å². The number of ketones is 1. The number of halogens is 1. The molecule has 0 saturated carbocycles. The van der Waals surface area contributed by atoms with Crippen LogP contribution in [-0.4, -0.2) is 15.3 Å². The van der Waals surface area contributed by atoms with Gasteiger partial charge in [0, 0.05) is 33.7 Å². The number of aromatic nitrogens is 2. The molecule has 2 rings (SSSR count). The third kappa shape index (κ3) is 2.71. The van der Waals surface area contributed by atoms with Gasteiger partial charge in [0.05, 0.1) is 6.04 Å². The molecule has 1 atom stereocenters. The normalized spacial score (nSPS) is 12.4. The van der Waals surface area contributed by atoms with E-state index in [1.807, 2.05) is 19.9 Å². The maximum Gasteiger partial charge on any atom is 0.251 e. The summed E-state index contributed by atoms with van der Waals surface area (Å²) in [5.74, 6) is -0.0675. The van der Waals surface area contributed by atoms with Crippen molar-refractivity contribution in [3.05, 3.63) is 56.2 Å². The molecule has 5 heteroatoms. The van der Waals surface area contributed by atoms with Gasteiger partial charge in [0.2, 0.25) is 0 Å². The van der Waals surface area contributed by atoms with E-state index in [4.69, 9.17) is 0 Å². The molecule has 0 aromatic carbocycles. The van der Waals surface area contributed by atoms with Gasteiger partial charge in [0.1, 0.15) is 0 Å². The van der Waals surface area contributed by atoms with Gasteiger partial charge in [-0.2, -0.15) is 0 Å². The molecule has 0 radical (unpaired) electrons. The lowest BCUT2D eigenvalue weighted by molar-refractivity contribution is 0.0932. The number of rotatable bonds is 3. The molecular formula is C14H15BrN2O2. The number of nitrogens with one attached hydrogen (secondary N) is 1. The third-order valence-corrected chi connectivity index (χ3v) is 3.58. The summed E-state index contributed by atoms with van der Waals surface area (Å²) in [5, 5.41) is 0. The van der Waals surface area contributed by atoms with Crippen molar-refractivity contribution in [3.8, 4) is 0 Å². The predicted octanol–water partition coefficient (Wildman–Crippen LogP) is 3.00. The lowest BCUT2D eigenvalue weighted by Gasteiger charge is -2.14. The molecule has 1 unspecified atom stereocenters. The number of aryl methyl sites for hydroxylation is 2. The summed E-state index contributed by atoms with van der Waals surface area (Å²) in [7, 11) is 0. The summed E-state index contributed by atoms with van der Waals surface area (Å²) in [6.45, 7) is 5.49. The zero-order valence-electron chi connectivity index (χ0n) is 11.0. The van der Waals surface area contributed by atoms with Crippen LogP contribution in [0.15, 0.2) is 33.7 Å². The second-order valence-electron chi connectivity index (χ2n) is 4.62. The number of Topliss-reactive ketones (excluding diaryl/α,β-unsaturated/α-hetero) is 1. The summed E-state index contributed by atoms with van der Waals surface area (Å²) in [5.41, 5.74) is 2.22. The zero-order valence-corrected chi connectivity index (χ0v) is 12.6. The lowest BCUT2D eigenvalue weighted by atomic mass is 10.1. The van der Waals surface area contributed by atoms with E-state index in [2.05, 4.69) is 20.9 Å². The molecular weight excluding hydrogens is 308 g/mol. The smallest absolute Gasteiger partial charge is 0.251 e. The minimum absolute atomic E-state index is 0.0675. The van der Waals surface area contributed by atoms with Gasteiger partial charge in [0.15, 0.2) is 5.78 Å². The molecule has 100 valence electrons. The highest BCUT2D eigenvalue weighted by Crippen LogP contribution is 2.18. The predicted molar refractivity (Wildman–Crippen MR) is 77.7 cm³/mol. The Hall–Kier alpha value is -1.62. The minimum Gasteiger partial charge on any atom is -0.362 e. The molecule has 4 nitrogen and oxygen atoms in total.